The van der Waals surface area contributed by atoms with Gasteiger partial charge in [0.1, 0.15) is 12.7 Å². The Labute approximate surface area is 157 Å². The Morgan fingerprint density at radius 2 is 2.04 bits per heavy atom. The molecule has 3 rings (SSSR count). The van der Waals surface area contributed by atoms with Crippen LogP contribution in [0.1, 0.15) is 25.3 Å². The van der Waals surface area contributed by atoms with Gasteiger partial charge in [-0.1, -0.05) is 30.7 Å². The molecular weight excluding hydrogens is 358 g/mol. The van der Waals surface area contributed by atoms with Gasteiger partial charge in [-0.3, -0.25) is 4.68 Å². The summed E-state index contributed by atoms with van der Waals surface area (Å²) in [6.45, 7) is 2.63. The molecule has 1 aliphatic carbocycles. The van der Waals surface area contributed by atoms with Gasteiger partial charge in [0, 0.05) is 5.02 Å². The van der Waals surface area contributed by atoms with E-state index in [2.05, 4.69) is 21.7 Å². The number of carbonyl (C=O) groups is 1. The van der Waals surface area contributed by atoms with Crippen LogP contribution in [0.25, 0.3) is 0 Å². The van der Waals surface area contributed by atoms with Crippen LogP contribution in [0.4, 0.5) is 4.79 Å². The van der Waals surface area contributed by atoms with Crippen LogP contribution in [0.2, 0.25) is 5.02 Å². The molecule has 1 aliphatic rings. The number of nitrogens with zero attached hydrogens (tertiary/aromatic N) is 3. The quantitative estimate of drug-likeness (QED) is 0.789. The molecule has 8 heteroatoms. The van der Waals surface area contributed by atoms with Crippen LogP contribution in [0.15, 0.2) is 36.9 Å². The van der Waals surface area contributed by atoms with E-state index < -0.39 is 11.8 Å². The van der Waals surface area contributed by atoms with Crippen molar-refractivity contribution in [1.82, 2.24) is 14.8 Å². The number of rotatable bonds is 4. The average Bonchev–Trinajstić information content (AvgIpc) is 3.21. The first-order valence-electron chi connectivity index (χ1n) is 8.41. The van der Waals surface area contributed by atoms with Crippen molar-refractivity contribution in [1.29, 1.82) is 0 Å². The van der Waals surface area contributed by atoms with Gasteiger partial charge in [-0.05, 0) is 48.8 Å². The Morgan fingerprint density at radius 1 is 1.38 bits per heavy atom. The van der Waals surface area contributed by atoms with Crippen molar-refractivity contribution in [2.45, 2.75) is 38.3 Å². The molecule has 1 aromatic heterocycles. The van der Waals surface area contributed by atoms with Gasteiger partial charge in [-0.15, -0.1) is 0 Å². The third-order valence-corrected chi connectivity index (χ3v) is 5.21. The van der Waals surface area contributed by atoms with Crippen LogP contribution in [-0.2, 0) is 17.7 Å². The maximum absolute atomic E-state index is 11.2. The monoisotopic (exact) mass is 381 g/mol. The van der Waals surface area contributed by atoms with E-state index in [-0.39, 0.29) is 11.8 Å². The molecule has 1 heterocycles. The molecule has 26 heavy (non-hydrogen) atoms. The van der Waals surface area contributed by atoms with Gasteiger partial charge < -0.3 is 14.9 Å². The number of aliphatic hydroxyl groups is 1. The maximum atomic E-state index is 11.2. The van der Waals surface area contributed by atoms with Crippen LogP contribution in [0, 0.1) is 11.8 Å². The highest BCUT2D eigenvalue weighted by atomic mass is 35.5. The van der Waals surface area contributed by atoms with Crippen LogP contribution in [0.3, 0.4) is 0 Å². The Kier molecular flexibility index (Phi) is 6.99. The third-order valence-electron chi connectivity index (χ3n) is 4.96. The minimum absolute atomic E-state index is 0.234. The fourth-order valence-corrected chi connectivity index (χ4v) is 3.52. The topological polar surface area (TPSA) is 97.5 Å². The van der Waals surface area contributed by atoms with Crippen molar-refractivity contribution in [3.63, 3.8) is 0 Å². The second kappa shape index (κ2) is 9.00. The summed E-state index contributed by atoms with van der Waals surface area (Å²) in [6.07, 6.45) is 4.88. The Hall–Kier alpha value is -2.12. The van der Waals surface area contributed by atoms with Gasteiger partial charge >= 0.3 is 6.16 Å². The normalized spacial score (nSPS) is 24.6. The van der Waals surface area contributed by atoms with E-state index in [1.54, 1.807) is 11.0 Å². The molecule has 142 valence electrons. The number of aromatic nitrogens is 3. The first-order valence-corrected chi connectivity index (χ1v) is 8.79. The zero-order valence-corrected chi connectivity index (χ0v) is 15.6. The largest absolute Gasteiger partial charge is 0.505 e. The number of benzene rings is 1. The molecule has 0 bridgehead atoms. The fraction of sp³-hybridized carbons (Fsp3) is 0.500. The van der Waals surface area contributed by atoms with E-state index >= 15 is 0 Å². The van der Waals surface area contributed by atoms with Crippen molar-refractivity contribution in [3.05, 3.63) is 47.5 Å². The van der Waals surface area contributed by atoms with Crippen molar-refractivity contribution in [3.8, 4) is 0 Å². The van der Waals surface area contributed by atoms with Crippen LogP contribution in [-0.4, -0.2) is 43.8 Å². The van der Waals surface area contributed by atoms with Crippen molar-refractivity contribution >= 4 is 17.8 Å². The molecule has 2 aromatic rings. The number of methoxy groups -OCH3 is 1. The number of ether oxygens (including phenoxy) is 1. The van der Waals surface area contributed by atoms with Crippen molar-refractivity contribution in [2.75, 3.05) is 7.11 Å². The molecule has 0 radical (unpaired) electrons. The molecule has 3 atom stereocenters. The summed E-state index contributed by atoms with van der Waals surface area (Å²) in [5.74, 6) is 0.497. The minimum atomic E-state index is -1.25. The summed E-state index contributed by atoms with van der Waals surface area (Å²) in [4.78, 5) is 13.1. The number of hydrogen-bond donors (Lipinski definition) is 2. The number of halogens is 1. The highest BCUT2D eigenvalue weighted by molar-refractivity contribution is 6.30. The maximum Gasteiger partial charge on any atom is 0.505 e. The molecule has 0 spiro atoms. The molecular formula is C18H24ClN3O4. The first kappa shape index (κ1) is 20.2. The lowest BCUT2D eigenvalue weighted by molar-refractivity contribution is -0.0482. The van der Waals surface area contributed by atoms with E-state index in [1.165, 1.54) is 11.9 Å². The lowest BCUT2D eigenvalue weighted by Gasteiger charge is -2.34. The summed E-state index contributed by atoms with van der Waals surface area (Å²) in [5.41, 5.74) is 0.489. The molecule has 1 fully saturated rings. The zero-order chi connectivity index (χ0) is 19.2. The zero-order valence-electron chi connectivity index (χ0n) is 14.9. The summed E-state index contributed by atoms with van der Waals surface area (Å²) >= 11 is 5.93. The fourth-order valence-electron chi connectivity index (χ4n) is 3.40. The molecule has 0 aliphatic heterocycles. The highest BCUT2D eigenvalue weighted by Crippen LogP contribution is 2.43. The van der Waals surface area contributed by atoms with E-state index in [1.807, 2.05) is 24.3 Å². The van der Waals surface area contributed by atoms with Gasteiger partial charge in [0.15, 0.2) is 0 Å². The summed E-state index contributed by atoms with van der Waals surface area (Å²) in [5, 5.41) is 23.6. The average molecular weight is 382 g/mol. The lowest BCUT2D eigenvalue weighted by Crippen LogP contribution is -2.44. The van der Waals surface area contributed by atoms with Gasteiger partial charge in [-0.2, -0.15) is 5.10 Å². The Balaban J connectivity index is 0.000000431. The number of hydrogen-bond acceptors (Lipinski definition) is 5. The minimum Gasteiger partial charge on any atom is -0.450 e. The van der Waals surface area contributed by atoms with Crippen LogP contribution in [0.5, 0.6) is 0 Å². The Bertz CT molecular complexity index is 693. The second-order valence-electron chi connectivity index (χ2n) is 6.56. The van der Waals surface area contributed by atoms with Crippen LogP contribution >= 0.6 is 11.6 Å². The molecule has 0 saturated heterocycles. The SMILES string of the molecule is CC1CCC(Cc2ccc(Cl)cc2)C1(O)Cn1cncn1.COC(=O)O. The predicted octanol–water partition coefficient (Wildman–Crippen LogP) is 3.26. The third kappa shape index (κ3) is 5.19. The Morgan fingerprint density at radius 3 is 2.58 bits per heavy atom. The summed E-state index contributed by atoms with van der Waals surface area (Å²) in [7, 11) is 1.10. The van der Waals surface area contributed by atoms with Gasteiger partial charge in [0.2, 0.25) is 0 Å². The molecule has 2 N–H and O–H groups in total. The number of carboxylic acid groups (broad SMARTS) is 1. The van der Waals surface area contributed by atoms with Crippen molar-refractivity contribution < 1.29 is 19.7 Å². The standard InChI is InChI=1S/C16H20ClN3O.C2H4O3/c1-12-2-5-14(8-13-3-6-15(17)7-4-13)16(12,21)9-20-11-18-10-19-20;1-5-2(3)4/h3-4,6-7,10-12,14,21H,2,5,8-9H2,1H3;1H3,(H,3,4). The van der Waals surface area contributed by atoms with E-state index in [4.69, 9.17) is 21.5 Å². The molecule has 0 amide bonds. The predicted molar refractivity (Wildman–Crippen MR) is 97.0 cm³/mol. The second-order valence-corrected chi connectivity index (χ2v) is 7.00. The van der Waals surface area contributed by atoms with Gasteiger partial charge in [0.05, 0.1) is 19.3 Å². The smallest absolute Gasteiger partial charge is 0.450 e. The first-order chi connectivity index (χ1) is 12.3. The van der Waals surface area contributed by atoms with Gasteiger partial charge in [0.25, 0.3) is 0 Å². The van der Waals surface area contributed by atoms with E-state index in [0.717, 1.165) is 31.4 Å². The van der Waals surface area contributed by atoms with Gasteiger partial charge in [-0.25, -0.2) is 9.78 Å². The van der Waals surface area contributed by atoms with E-state index in [9.17, 15) is 5.11 Å². The molecule has 3 unspecified atom stereocenters. The van der Waals surface area contributed by atoms with E-state index in [0.29, 0.717) is 6.54 Å². The van der Waals surface area contributed by atoms with Crippen molar-refractivity contribution in [2.24, 2.45) is 11.8 Å². The highest BCUT2D eigenvalue weighted by Gasteiger charge is 2.46. The molecule has 1 aromatic carbocycles. The lowest BCUT2D eigenvalue weighted by atomic mass is 9.81. The van der Waals surface area contributed by atoms with Crippen LogP contribution < -0.4 is 0 Å². The summed E-state index contributed by atoms with van der Waals surface area (Å²) in [6, 6.07) is 7.90. The molecule has 1 saturated carbocycles. The molecule has 7 nitrogen and oxygen atoms in total. The summed E-state index contributed by atoms with van der Waals surface area (Å²) < 4.78 is 5.40.